The van der Waals surface area contributed by atoms with Gasteiger partial charge in [0.25, 0.3) is 5.91 Å². The topological polar surface area (TPSA) is 59.3 Å². The first-order chi connectivity index (χ1) is 14.9. The predicted octanol–water partition coefficient (Wildman–Crippen LogP) is 5.63. The molecule has 4 heteroatoms. The van der Waals surface area contributed by atoms with Crippen LogP contribution in [0.25, 0.3) is 22.3 Å². The first-order valence-corrected chi connectivity index (χ1v) is 11.4. The third-order valence-electron chi connectivity index (χ3n) is 7.38. The molecular weight excluding hydrogens is 386 g/mol. The molecule has 2 bridgehead atoms. The number of hydrogen-bond acceptors (Lipinski definition) is 3. The number of nitrogens with one attached hydrogen (secondary N) is 1. The fourth-order valence-electron chi connectivity index (χ4n) is 5.84. The van der Waals surface area contributed by atoms with E-state index in [9.17, 15) is 9.59 Å². The Labute approximate surface area is 182 Å². The standard InChI is InChI=1S/C27H29NO3/c1-15-10-16(2)26-23(11-15)24(29)14-25(31-26)19-6-8-20(9-7-19)27(30)28-17(3)22-13-18-4-5-21(22)12-18/h6-11,14,17-18,21-22H,4-5,12-13H2,1-3H3,(H,28,30). The first kappa shape index (κ1) is 20.0. The number of carbonyl (C=O) groups excluding carboxylic acids is 1. The van der Waals surface area contributed by atoms with Crippen LogP contribution in [0, 0.1) is 31.6 Å². The van der Waals surface area contributed by atoms with Gasteiger partial charge in [-0.25, -0.2) is 0 Å². The van der Waals surface area contributed by atoms with Crippen LogP contribution in [-0.2, 0) is 0 Å². The molecule has 0 spiro atoms. The van der Waals surface area contributed by atoms with E-state index in [1.54, 1.807) is 0 Å². The van der Waals surface area contributed by atoms with Gasteiger partial charge in [0.15, 0.2) is 5.43 Å². The molecule has 0 aliphatic heterocycles. The van der Waals surface area contributed by atoms with Gasteiger partial charge in [0.2, 0.25) is 0 Å². The summed E-state index contributed by atoms with van der Waals surface area (Å²) in [6.07, 6.45) is 5.29. The van der Waals surface area contributed by atoms with Gasteiger partial charge in [-0.05, 0) is 87.1 Å². The molecule has 160 valence electrons. The highest BCUT2D eigenvalue weighted by molar-refractivity contribution is 5.94. The van der Waals surface area contributed by atoms with Crippen LogP contribution in [0.5, 0.6) is 0 Å². The van der Waals surface area contributed by atoms with Gasteiger partial charge >= 0.3 is 0 Å². The van der Waals surface area contributed by atoms with Gasteiger partial charge in [-0.1, -0.05) is 24.6 Å². The quantitative estimate of drug-likeness (QED) is 0.601. The van der Waals surface area contributed by atoms with Crippen molar-refractivity contribution in [2.24, 2.45) is 17.8 Å². The first-order valence-electron chi connectivity index (χ1n) is 11.4. The van der Waals surface area contributed by atoms with Crippen molar-refractivity contribution < 1.29 is 9.21 Å². The van der Waals surface area contributed by atoms with Gasteiger partial charge in [-0.15, -0.1) is 0 Å². The summed E-state index contributed by atoms with van der Waals surface area (Å²) in [4.78, 5) is 25.4. The molecule has 4 atom stereocenters. The van der Waals surface area contributed by atoms with Crippen LogP contribution in [0.15, 0.2) is 51.7 Å². The summed E-state index contributed by atoms with van der Waals surface area (Å²) in [6, 6.07) is 12.9. The lowest BCUT2D eigenvalue weighted by molar-refractivity contribution is 0.0915. The SMILES string of the molecule is Cc1cc(C)c2oc(-c3ccc(C(=O)NC(C)C4CC5CCC4C5)cc3)cc(=O)c2c1. The van der Waals surface area contributed by atoms with Crippen molar-refractivity contribution in [2.45, 2.75) is 52.5 Å². The molecule has 2 saturated carbocycles. The summed E-state index contributed by atoms with van der Waals surface area (Å²) in [5.41, 5.74) is 3.98. The van der Waals surface area contributed by atoms with E-state index in [4.69, 9.17) is 4.42 Å². The largest absolute Gasteiger partial charge is 0.456 e. The van der Waals surface area contributed by atoms with Gasteiger partial charge in [-0.2, -0.15) is 0 Å². The molecule has 1 aromatic heterocycles. The van der Waals surface area contributed by atoms with Crippen molar-refractivity contribution in [1.29, 1.82) is 0 Å². The minimum Gasteiger partial charge on any atom is -0.456 e. The zero-order valence-corrected chi connectivity index (χ0v) is 18.4. The van der Waals surface area contributed by atoms with Crippen LogP contribution in [0.3, 0.4) is 0 Å². The third kappa shape index (κ3) is 3.69. The molecule has 2 aromatic carbocycles. The lowest BCUT2D eigenvalue weighted by Gasteiger charge is -2.28. The summed E-state index contributed by atoms with van der Waals surface area (Å²) in [7, 11) is 0. The fourth-order valence-corrected chi connectivity index (χ4v) is 5.84. The van der Waals surface area contributed by atoms with Gasteiger partial charge in [0.1, 0.15) is 11.3 Å². The van der Waals surface area contributed by atoms with E-state index in [-0.39, 0.29) is 17.4 Å². The van der Waals surface area contributed by atoms with Crippen LogP contribution < -0.4 is 10.7 Å². The van der Waals surface area contributed by atoms with Gasteiger partial charge in [0.05, 0.1) is 5.39 Å². The Balaban J connectivity index is 1.35. The van der Waals surface area contributed by atoms with E-state index < -0.39 is 0 Å². The van der Waals surface area contributed by atoms with Crippen LogP contribution in [-0.4, -0.2) is 11.9 Å². The van der Waals surface area contributed by atoms with Crippen LogP contribution in [0.1, 0.15) is 54.1 Å². The van der Waals surface area contributed by atoms with Crippen molar-refractivity contribution in [2.75, 3.05) is 0 Å². The molecule has 4 nitrogen and oxygen atoms in total. The van der Waals surface area contributed by atoms with Crippen molar-refractivity contribution in [3.63, 3.8) is 0 Å². The summed E-state index contributed by atoms with van der Waals surface area (Å²) in [5, 5.41) is 3.82. The zero-order valence-electron chi connectivity index (χ0n) is 18.4. The second-order valence-corrected chi connectivity index (χ2v) is 9.61. The van der Waals surface area contributed by atoms with Crippen LogP contribution >= 0.6 is 0 Å². The Morgan fingerprint density at radius 1 is 1.06 bits per heavy atom. The Bertz CT molecular complexity index is 1210. The maximum Gasteiger partial charge on any atom is 0.251 e. The van der Waals surface area contributed by atoms with Gasteiger partial charge in [0, 0.05) is 23.2 Å². The molecule has 2 aliphatic carbocycles. The summed E-state index contributed by atoms with van der Waals surface area (Å²) < 4.78 is 6.07. The van der Waals surface area contributed by atoms with Crippen molar-refractivity contribution in [3.05, 3.63) is 69.4 Å². The molecule has 0 radical (unpaired) electrons. The summed E-state index contributed by atoms with van der Waals surface area (Å²) >= 11 is 0. The molecule has 4 unspecified atom stereocenters. The minimum atomic E-state index is -0.0513. The second kappa shape index (κ2) is 7.67. The molecule has 5 rings (SSSR count). The lowest BCUT2D eigenvalue weighted by atomic mass is 9.84. The zero-order chi connectivity index (χ0) is 21.7. The number of hydrogen-bond donors (Lipinski definition) is 1. The number of aryl methyl sites for hydroxylation is 2. The predicted molar refractivity (Wildman–Crippen MR) is 123 cm³/mol. The Hall–Kier alpha value is -2.88. The summed E-state index contributed by atoms with van der Waals surface area (Å²) in [6.45, 7) is 6.07. The number of amides is 1. The number of carbonyl (C=O) groups is 1. The third-order valence-corrected chi connectivity index (χ3v) is 7.38. The Kier molecular flexibility index (Phi) is 4.96. The average Bonchev–Trinajstić information content (AvgIpc) is 3.38. The highest BCUT2D eigenvalue weighted by atomic mass is 16.3. The van der Waals surface area contributed by atoms with E-state index in [2.05, 4.69) is 12.2 Å². The van der Waals surface area contributed by atoms with Crippen molar-refractivity contribution >= 4 is 16.9 Å². The monoisotopic (exact) mass is 415 g/mol. The van der Waals surface area contributed by atoms with E-state index in [1.165, 1.54) is 31.7 Å². The van der Waals surface area contributed by atoms with E-state index in [0.29, 0.717) is 28.2 Å². The molecule has 1 N–H and O–H groups in total. The maximum atomic E-state index is 12.8. The second-order valence-electron chi connectivity index (χ2n) is 9.61. The smallest absolute Gasteiger partial charge is 0.251 e. The normalized spacial score (nSPS) is 23.3. The van der Waals surface area contributed by atoms with Gasteiger partial charge in [-0.3, -0.25) is 9.59 Å². The number of benzene rings is 2. The number of rotatable bonds is 4. The van der Waals surface area contributed by atoms with E-state index in [1.807, 2.05) is 50.2 Å². The lowest BCUT2D eigenvalue weighted by Crippen LogP contribution is -2.40. The molecule has 2 aliphatic rings. The highest BCUT2D eigenvalue weighted by Crippen LogP contribution is 2.49. The van der Waals surface area contributed by atoms with Crippen molar-refractivity contribution in [3.8, 4) is 11.3 Å². The average molecular weight is 416 g/mol. The number of fused-ring (bicyclic) bond motifs is 3. The molecular formula is C27H29NO3. The Morgan fingerprint density at radius 3 is 2.52 bits per heavy atom. The van der Waals surface area contributed by atoms with Gasteiger partial charge < -0.3 is 9.73 Å². The van der Waals surface area contributed by atoms with Crippen molar-refractivity contribution in [1.82, 2.24) is 5.32 Å². The Morgan fingerprint density at radius 2 is 1.84 bits per heavy atom. The van der Waals surface area contributed by atoms with Crippen LogP contribution in [0.2, 0.25) is 0 Å². The molecule has 1 heterocycles. The van der Waals surface area contributed by atoms with E-state index >= 15 is 0 Å². The maximum absolute atomic E-state index is 12.8. The molecule has 2 fully saturated rings. The van der Waals surface area contributed by atoms with E-state index in [0.717, 1.165) is 28.5 Å². The fraction of sp³-hybridized carbons (Fsp3) is 0.407. The molecule has 3 aromatic rings. The highest BCUT2D eigenvalue weighted by Gasteiger charge is 2.42. The minimum absolute atomic E-state index is 0.0342. The molecule has 1 amide bonds. The summed E-state index contributed by atoms with van der Waals surface area (Å²) in [5.74, 6) is 2.75. The molecule has 31 heavy (non-hydrogen) atoms. The van der Waals surface area contributed by atoms with Crippen LogP contribution in [0.4, 0.5) is 0 Å². The molecule has 0 saturated heterocycles.